The molecule has 0 atom stereocenters. The molecule has 0 radical (unpaired) electrons. The zero-order valence-electron chi connectivity index (χ0n) is 16.7. The molecule has 0 spiro atoms. The van der Waals surface area contributed by atoms with Crippen LogP contribution in [0.2, 0.25) is 0 Å². The van der Waals surface area contributed by atoms with Gasteiger partial charge < -0.3 is 9.42 Å². The van der Waals surface area contributed by atoms with Gasteiger partial charge in [0.25, 0.3) is 5.89 Å². The summed E-state index contributed by atoms with van der Waals surface area (Å²) in [5, 5.41) is 16.9. The number of amides is 1. The van der Waals surface area contributed by atoms with Crippen LogP contribution >= 0.6 is 0 Å². The van der Waals surface area contributed by atoms with Crippen molar-refractivity contribution in [1.29, 1.82) is 0 Å². The molecule has 4 aromatic rings. The molecule has 30 heavy (non-hydrogen) atoms. The van der Waals surface area contributed by atoms with E-state index < -0.39 is 0 Å². The fraction of sp³-hybridized carbons (Fsp3) is 0.400. The van der Waals surface area contributed by atoms with Crippen LogP contribution in [0.25, 0.3) is 34.0 Å². The number of rotatable bonds is 6. The van der Waals surface area contributed by atoms with Crippen LogP contribution in [0.4, 0.5) is 0 Å². The van der Waals surface area contributed by atoms with Crippen LogP contribution in [0.3, 0.4) is 0 Å². The van der Waals surface area contributed by atoms with Crippen molar-refractivity contribution in [2.75, 3.05) is 13.1 Å². The zero-order valence-corrected chi connectivity index (χ0v) is 16.7. The van der Waals surface area contributed by atoms with Gasteiger partial charge in [0.15, 0.2) is 5.69 Å². The van der Waals surface area contributed by atoms with E-state index in [1.807, 2.05) is 42.3 Å². The van der Waals surface area contributed by atoms with Crippen molar-refractivity contribution in [2.24, 2.45) is 0 Å². The highest BCUT2D eigenvalue weighted by Gasteiger charge is 2.18. The molecule has 4 heterocycles. The minimum atomic E-state index is 0.178. The van der Waals surface area contributed by atoms with Crippen LogP contribution in [-0.4, -0.2) is 58.8 Å². The number of carbonyl (C=O) groups is 1. The number of aromatic nitrogens is 7. The Morgan fingerprint density at radius 3 is 2.87 bits per heavy atom. The monoisotopic (exact) mass is 406 g/mol. The number of likely N-dealkylation sites (tertiary alicyclic amines) is 1. The molecule has 0 aliphatic carbocycles. The number of carbonyl (C=O) groups excluding carboxylic acids is 1. The predicted octanol–water partition coefficient (Wildman–Crippen LogP) is 2.38. The average molecular weight is 406 g/mol. The summed E-state index contributed by atoms with van der Waals surface area (Å²) in [5.41, 5.74) is 3.03. The minimum absolute atomic E-state index is 0.178. The normalized spacial score (nSPS) is 14.1. The van der Waals surface area contributed by atoms with Crippen LogP contribution < -0.4 is 0 Å². The fourth-order valence-electron chi connectivity index (χ4n) is 3.70. The van der Waals surface area contributed by atoms with Crippen molar-refractivity contribution in [3.8, 4) is 23.0 Å². The molecule has 1 aliphatic rings. The van der Waals surface area contributed by atoms with E-state index >= 15 is 0 Å². The lowest BCUT2D eigenvalue weighted by Gasteiger charge is -2.14. The summed E-state index contributed by atoms with van der Waals surface area (Å²) in [6.45, 7) is 5.03. The summed E-state index contributed by atoms with van der Waals surface area (Å²) in [6, 6.07) is 7.55. The van der Waals surface area contributed by atoms with Crippen LogP contribution in [0.5, 0.6) is 0 Å². The van der Waals surface area contributed by atoms with Crippen LogP contribution in [0.15, 0.2) is 35.0 Å². The van der Waals surface area contributed by atoms with E-state index in [2.05, 4.69) is 25.6 Å². The van der Waals surface area contributed by atoms with E-state index in [9.17, 15) is 4.79 Å². The molecule has 5 rings (SSSR count). The van der Waals surface area contributed by atoms with Crippen LogP contribution in [0.1, 0.15) is 26.2 Å². The van der Waals surface area contributed by atoms with E-state index in [-0.39, 0.29) is 5.91 Å². The van der Waals surface area contributed by atoms with Crippen molar-refractivity contribution in [1.82, 2.24) is 39.8 Å². The lowest BCUT2D eigenvalue weighted by Crippen LogP contribution is -2.28. The van der Waals surface area contributed by atoms with Crippen molar-refractivity contribution in [2.45, 2.75) is 39.3 Å². The van der Waals surface area contributed by atoms with Gasteiger partial charge >= 0.3 is 0 Å². The first kappa shape index (κ1) is 18.5. The summed E-state index contributed by atoms with van der Waals surface area (Å²) in [5.74, 6) is 1.02. The maximum absolute atomic E-state index is 12.3. The number of nitrogens with zero attached hydrogens (tertiary/aromatic N) is 8. The highest BCUT2D eigenvalue weighted by atomic mass is 16.5. The molecule has 1 aromatic carbocycles. The second-order valence-electron chi connectivity index (χ2n) is 7.33. The molecule has 10 nitrogen and oxygen atoms in total. The summed E-state index contributed by atoms with van der Waals surface area (Å²) in [4.78, 5) is 18.7. The molecular weight excluding hydrogens is 384 g/mol. The second-order valence-corrected chi connectivity index (χ2v) is 7.33. The van der Waals surface area contributed by atoms with Crippen molar-refractivity contribution < 1.29 is 9.32 Å². The lowest BCUT2D eigenvalue weighted by atomic mass is 10.2. The first-order valence-corrected chi connectivity index (χ1v) is 10.2. The SMILES string of the molecule is CCn1ccc(-c2nc(-c3ccc4c(c3)nnn4CCC(=O)N3CCCC3)no2)n1. The van der Waals surface area contributed by atoms with Crippen LogP contribution in [0, 0.1) is 0 Å². The van der Waals surface area contributed by atoms with E-state index in [1.54, 1.807) is 9.36 Å². The number of hydrogen-bond donors (Lipinski definition) is 0. The van der Waals surface area contributed by atoms with E-state index in [1.165, 1.54) is 0 Å². The summed E-state index contributed by atoms with van der Waals surface area (Å²) in [6.07, 6.45) is 4.50. The maximum Gasteiger partial charge on any atom is 0.278 e. The standard InChI is InChI=1S/C20H22N8O2/c1-2-27-11-7-15(23-27)20-21-19(24-30-20)14-5-6-17-16(13-14)22-25-28(17)12-8-18(29)26-9-3-4-10-26/h5-7,11,13H,2-4,8-10,12H2,1H3. The maximum atomic E-state index is 12.3. The Balaban J connectivity index is 1.33. The Hall–Kier alpha value is -3.56. The molecule has 0 unspecified atom stereocenters. The van der Waals surface area contributed by atoms with Gasteiger partial charge in [0.1, 0.15) is 5.52 Å². The molecule has 0 bridgehead atoms. The molecule has 1 saturated heterocycles. The van der Waals surface area contributed by atoms with Crippen molar-refractivity contribution >= 4 is 16.9 Å². The number of benzene rings is 1. The van der Waals surface area contributed by atoms with Crippen LogP contribution in [-0.2, 0) is 17.9 Å². The van der Waals surface area contributed by atoms with E-state index in [4.69, 9.17) is 4.52 Å². The Labute approximate surface area is 172 Å². The topological polar surface area (TPSA) is 108 Å². The molecule has 1 aliphatic heterocycles. The number of hydrogen-bond acceptors (Lipinski definition) is 7. The average Bonchev–Trinajstić information content (AvgIpc) is 3.56. The molecule has 154 valence electrons. The number of fused-ring (bicyclic) bond motifs is 1. The zero-order chi connectivity index (χ0) is 20.5. The van der Waals surface area contributed by atoms with Gasteiger partial charge in [-0.3, -0.25) is 9.48 Å². The van der Waals surface area contributed by atoms with Gasteiger partial charge in [-0.1, -0.05) is 10.4 Å². The Kier molecular flexibility index (Phi) is 4.74. The smallest absolute Gasteiger partial charge is 0.278 e. The Bertz CT molecular complexity index is 1180. The largest absolute Gasteiger partial charge is 0.343 e. The van der Waals surface area contributed by atoms with Gasteiger partial charge in [0, 0.05) is 37.8 Å². The minimum Gasteiger partial charge on any atom is -0.343 e. The quantitative estimate of drug-likeness (QED) is 0.484. The van der Waals surface area contributed by atoms with Gasteiger partial charge in [-0.25, -0.2) is 4.68 Å². The summed E-state index contributed by atoms with van der Waals surface area (Å²) in [7, 11) is 0. The Morgan fingerprint density at radius 2 is 2.07 bits per heavy atom. The van der Waals surface area contributed by atoms with Crippen molar-refractivity contribution in [3.05, 3.63) is 30.5 Å². The second kappa shape index (κ2) is 7.69. The molecule has 1 amide bonds. The molecule has 10 heteroatoms. The van der Waals surface area contributed by atoms with Crippen molar-refractivity contribution in [3.63, 3.8) is 0 Å². The van der Waals surface area contributed by atoms with E-state index in [0.29, 0.717) is 30.4 Å². The number of aryl methyl sites for hydroxylation is 2. The molecule has 3 aromatic heterocycles. The van der Waals surface area contributed by atoms with Gasteiger partial charge in [0.2, 0.25) is 11.7 Å². The van der Waals surface area contributed by atoms with E-state index in [0.717, 1.165) is 49.1 Å². The third kappa shape index (κ3) is 3.44. The summed E-state index contributed by atoms with van der Waals surface area (Å²) < 4.78 is 8.95. The molecule has 0 saturated carbocycles. The first-order valence-electron chi connectivity index (χ1n) is 10.2. The lowest BCUT2D eigenvalue weighted by molar-refractivity contribution is -0.130. The highest BCUT2D eigenvalue weighted by Crippen LogP contribution is 2.24. The van der Waals surface area contributed by atoms with Gasteiger partial charge in [-0.2, -0.15) is 10.1 Å². The predicted molar refractivity (Wildman–Crippen MR) is 108 cm³/mol. The van der Waals surface area contributed by atoms with Gasteiger partial charge in [0.05, 0.1) is 12.1 Å². The highest BCUT2D eigenvalue weighted by molar-refractivity contribution is 5.80. The first-order chi connectivity index (χ1) is 14.7. The molecule has 0 N–H and O–H groups in total. The third-order valence-electron chi connectivity index (χ3n) is 5.38. The third-order valence-corrected chi connectivity index (χ3v) is 5.38. The van der Waals surface area contributed by atoms with Gasteiger partial charge in [-0.15, -0.1) is 5.10 Å². The molecule has 1 fully saturated rings. The summed E-state index contributed by atoms with van der Waals surface area (Å²) >= 11 is 0. The van der Waals surface area contributed by atoms with Gasteiger partial charge in [-0.05, 0) is 44.0 Å². The molecular formula is C20H22N8O2. The Morgan fingerprint density at radius 1 is 1.20 bits per heavy atom. The fourth-order valence-corrected chi connectivity index (χ4v) is 3.70.